The minimum Gasteiger partial charge on any atom is -0.465 e. The minimum absolute atomic E-state index is 0.0361. The molecule has 0 N–H and O–H groups in total. The fraction of sp³-hybridized carbons (Fsp3) is 0.188. The molecule has 0 radical (unpaired) electrons. The van der Waals surface area contributed by atoms with Gasteiger partial charge in [0.05, 0.1) is 21.7 Å². The van der Waals surface area contributed by atoms with E-state index in [-0.39, 0.29) is 18.4 Å². The number of esters is 1. The number of ether oxygens (including phenoxy) is 1. The first-order chi connectivity index (χ1) is 11.2. The Labute approximate surface area is 140 Å². The predicted octanol–water partition coefficient (Wildman–Crippen LogP) is 3.07. The van der Waals surface area contributed by atoms with Crippen molar-refractivity contribution in [3.05, 3.63) is 51.5 Å². The van der Waals surface area contributed by atoms with Gasteiger partial charge in [-0.1, -0.05) is 29.5 Å². The molecule has 0 fully saturated rings. The third kappa shape index (κ3) is 3.40. The van der Waals surface area contributed by atoms with E-state index in [0.717, 1.165) is 10.2 Å². The number of amides is 1. The number of fused-ring (bicyclic) bond motifs is 1. The second-order valence-electron chi connectivity index (χ2n) is 4.64. The smallest absolute Gasteiger partial charge is 0.326 e. The molecular weight excluding hydrogens is 332 g/mol. The Bertz CT molecular complexity index is 907. The predicted molar refractivity (Wildman–Crippen MR) is 90.7 cm³/mol. The second kappa shape index (κ2) is 6.89. The summed E-state index contributed by atoms with van der Waals surface area (Å²) < 4.78 is 7.71. The number of thiophene rings is 1. The Hall–Kier alpha value is -2.25. The van der Waals surface area contributed by atoms with Crippen LogP contribution in [-0.4, -0.2) is 23.1 Å². The van der Waals surface area contributed by atoms with Crippen molar-refractivity contribution in [2.24, 2.45) is 4.99 Å². The zero-order valence-electron chi connectivity index (χ0n) is 12.4. The lowest BCUT2D eigenvalue weighted by Gasteiger charge is -2.04. The molecule has 0 saturated carbocycles. The van der Waals surface area contributed by atoms with Crippen LogP contribution in [0, 0.1) is 0 Å². The number of hydrogen-bond donors (Lipinski definition) is 0. The fourth-order valence-corrected chi connectivity index (χ4v) is 3.77. The number of rotatable bonds is 4. The van der Waals surface area contributed by atoms with Gasteiger partial charge < -0.3 is 9.30 Å². The molecule has 0 atom stereocenters. The molecule has 2 aromatic heterocycles. The Balaban J connectivity index is 2.08. The lowest BCUT2D eigenvalue weighted by molar-refractivity contribution is -0.143. The summed E-state index contributed by atoms with van der Waals surface area (Å²) in [6, 6.07) is 11.2. The normalized spacial score (nSPS) is 11.8. The van der Waals surface area contributed by atoms with Crippen LogP contribution in [0.2, 0.25) is 0 Å². The highest BCUT2D eigenvalue weighted by Gasteiger charge is 2.12. The minimum atomic E-state index is -0.346. The van der Waals surface area contributed by atoms with Gasteiger partial charge in [-0.25, -0.2) is 0 Å². The number of hydrogen-bond acceptors (Lipinski definition) is 5. The summed E-state index contributed by atoms with van der Waals surface area (Å²) >= 11 is 2.73. The van der Waals surface area contributed by atoms with Crippen LogP contribution >= 0.6 is 22.7 Å². The SMILES string of the molecule is CCOC(=O)Cn1c(=NC(=O)c2cccs2)sc2ccccc21. The largest absolute Gasteiger partial charge is 0.465 e. The van der Waals surface area contributed by atoms with Crippen molar-refractivity contribution in [1.82, 2.24) is 4.57 Å². The summed E-state index contributed by atoms with van der Waals surface area (Å²) in [6.07, 6.45) is 0. The van der Waals surface area contributed by atoms with Crippen molar-refractivity contribution in [3.63, 3.8) is 0 Å². The average molecular weight is 346 g/mol. The number of nitrogens with zero attached hydrogens (tertiary/aromatic N) is 2. The van der Waals surface area contributed by atoms with Crippen LogP contribution in [0.4, 0.5) is 0 Å². The van der Waals surface area contributed by atoms with E-state index in [1.54, 1.807) is 17.6 Å². The highest BCUT2D eigenvalue weighted by atomic mass is 32.1. The fourth-order valence-electron chi connectivity index (χ4n) is 2.14. The molecule has 0 saturated heterocycles. The second-order valence-corrected chi connectivity index (χ2v) is 6.59. The molecule has 118 valence electrons. The monoisotopic (exact) mass is 346 g/mol. The van der Waals surface area contributed by atoms with Crippen molar-refractivity contribution in [2.75, 3.05) is 6.61 Å². The van der Waals surface area contributed by atoms with E-state index in [1.807, 2.05) is 35.7 Å². The van der Waals surface area contributed by atoms with Gasteiger partial charge in [-0.15, -0.1) is 11.3 Å². The number of aromatic nitrogens is 1. The summed E-state index contributed by atoms with van der Waals surface area (Å²) in [6.45, 7) is 2.12. The third-order valence-corrected chi connectivity index (χ3v) is 5.03. The number of carbonyl (C=O) groups is 2. The Kier molecular flexibility index (Phi) is 4.68. The molecule has 0 aliphatic heterocycles. The van der Waals surface area contributed by atoms with Crippen molar-refractivity contribution < 1.29 is 14.3 Å². The molecule has 1 aromatic carbocycles. The van der Waals surface area contributed by atoms with E-state index in [9.17, 15) is 9.59 Å². The Morgan fingerprint density at radius 3 is 2.78 bits per heavy atom. The molecule has 3 aromatic rings. The van der Waals surface area contributed by atoms with Crippen LogP contribution < -0.4 is 4.80 Å². The van der Waals surface area contributed by atoms with E-state index < -0.39 is 0 Å². The molecule has 0 bridgehead atoms. The maximum Gasteiger partial charge on any atom is 0.326 e. The standard InChI is InChI=1S/C16H14N2O3S2/c1-2-21-14(19)10-18-11-6-3-4-7-12(11)23-16(18)17-15(20)13-8-5-9-22-13/h3-9H,2,10H2,1H3. The molecule has 0 aliphatic carbocycles. The van der Waals surface area contributed by atoms with Gasteiger partial charge in [0, 0.05) is 0 Å². The zero-order valence-corrected chi connectivity index (χ0v) is 14.0. The summed E-state index contributed by atoms with van der Waals surface area (Å²) in [4.78, 5) is 29.4. The van der Waals surface area contributed by atoms with Crippen LogP contribution in [0.5, 0.6) is 0 Å². The average Bonchev–Trinajstić information content (AvgIpc) is 3.17. The number of benzene rings is 1. The van der Waals surface area contributed by atoms with E-state index in [4.69, 9.17) is 4.74 Å². The molecule has 5 nitrogen and oxygen atoms in total. The summed E-state index contributed by atoms with van der Waals surface area (Å²) in [5, 5.41) is 1.83. The van der Waals surface area contributed by atoms with Crippen LogP contribution in [0.15, 0.2) is 46.8 Å². The first-order valence-corrected chi connectivity index (χ1v) is 8.75. The molecule has 0 unspecified atom stereocenters. The van der Waals surface area contributed by atoms with E-state index in [1.165, 1.54) is 22.7 Å². The maximum atomic E-state index is 12.2. The van der Waals surface area contributed by atoms with E-state index >= 15 is 0 Å². The van der Waals surface area contributed by atoms with Gasteiger partial charge in [-0.3, -0.25) is 9.59 Å². The van der Waals surface area contributed by atoms with Crippen LogP contribution in [0.3, 0.4) is 0 Å². The third-order valence-electron chi connectivity index (χ3n) is 3.11. The number of carbonyl (C=O) groups excluding carboxylic acids is 2. The van der Waals surface area contributed by atoms with Crippen LogP contribution in [0.25, 0.3) is 10.2 Å². The molecule has 3 rings (SSSR count). The highest BCUT2D eigenvalue weighted by Crippen LogP contribution is 2.17. The number of thiazole rings is 1. The summed E-state index contributed by atoms with van der Waals surface area (Å²) in [5.41, 5.74) is 0.864. The maximum absolute atomic E-state index is 12.2. The van der Waals surface area contributed by atoms with Gasteiger partial charge in [-0.2, -0.15) is 4.99 Å². The van der Waals surface area contributed by atoms with Crippen molar-refractivity contribution in [1.29, 1.82) is 0 Å². The quantitative estimate of drug-likeness (QED) is 0.682. The molecule has 0 aliphatic rings. The first-order valence-electron chi connectivity index (χ1n) is 7.05. The van der Waals surface area contributed by atoms with Crippen molar-refractivity contribution >= 4 is 44.8 Å². The van der Waals surface area contributed by atoms with Gasteiger partial charge in [-0.05, 0) is 30.5 Å². The Morgan fingerprint density at radius 2 is 2.04 bits per heavy atom. The molecular formula is C16H14N2O3S2. The lowest BCUT2D eigenvalue weighted by atomic mass is 10.3. The van der Waals surface area contributed by atoms with Gasteiger partial charge in [0.25, 0.3) is 5.91 Å². The summed E-state index contributed by atoms with van der Waals surface area (Å²) in [7, 11) is 0. The van der Waals surface area contributed by atoms with E-state index in [2.05, 4.69) is 4.99 Å². The number of para-hydroxylation sites is 1. The zero-order chi connectivity index (χ0) is 16.2. The first kappa shape index (κ1) is 15.6. The van der Waals surface area contributed by atoms with Crippen LogP contribution in [-0.2, 0) is 16.1 Å². The molecule has 0 spiro atoms. The lowest BCUT2D eigenvalue weighted by Crippen LogP contribution is -2.23. The highest BCUT2D eigenvalue weighted by molar-refractivity contribution is 7.16. The van der Waals surface area contributed by atoms with E-state index in [0.29, 0.717) is 16.3 Å². The Morgan fingerprint density at radius 1 is 1.22 bits per heavy atom. The van der Waals surface area contributed by atoms with Gasteiger partial charge in [0.2, 0.25) is 0 Å². The molecule has 1 amide bonds. The molecule has 2 heterocycles. The van der Waals surface area contributed by atoms with Crippen molar-refractivity contribution in [2.45, 2.75) is 13.5 Å². The summed E-state index contributed by atoms with van der Waals surface area (Å²) in [5.74, 6) is -0.648. The van der Waals surface area contributed by atoms with Gasteiger partial charge >= 0.3 is 5.97 Å². The van der Waals surface area contributed by atoms with Crippen LogP contribution in [0.1, 0.15) is 16.6 Å². The van der Waals surface area contributed by atoms with Gasteiger partial charge in [0.1, 0.15) is 6.54 Å². The molecule has 7 heteroatoms. The topological polar surface area (TPSA) is 60.7 Å². The van der Waals surface area contributed by atoms with Gasteiger partial charge in [0.15, 0.2) is 4.80 Å². The molecule has 23 heavy (non-hydrogen) atoms. The van der Waals surface area contributed by atoms with Crippen molar-refractivity contribution in [3.8, 4) is 0 Å².